The van der Waals surface area contributed by atoms with Crippen molar-refractivity contribution < 1.29 is 132 Å². The number of aromatic nitrogens is 1. The predicted octanol–water partition coefficient (Wildman–Crippen LogP) is -8.74. The van der Waals surface area contributed by atoms with E-state index in [1.165, 1.54) is 6.92 Å². The minimum atomic E-state index is -1.98. The Hall–Kier alpha value is -14.3. The van der Waals surface area contributed by atoms with E-state index in [4.69, 9.17) is 38.9 Å². The highest BCUT2D eigenvalue weighted by atomic mass is 16.4. The van der Waals surface area contributed by atoms with Gasteiger partial charge in [0, 0.05) is 62.3 Å². The van der Waals surface area contributed by atoms with Gasteiger partial charge in [-0.3, -0.25) is 102 Å². The third kappa shape index (κ3) is 39.9. The number of carbonyl (C=O) groups is 19. The van der Waals surface area contributed by atoms with Crippen LogP contribution in [0.1, 0.15) is 140 Å². The van der Waals surface area contributed by atoms with E-state index in [0.717, 1.165) is 11.8 Å². The predicted molar refractivity (Wildman–Crippen MR) is 483 cm³/mol. The number of carboxylic acids is 4. The van der Waals surface area contributed by atoms with Crippen LogP contribution < -0.4 is 113 Å². The SMILES string of the molecule is C[C@H](NC(=O)[C@H](Cc1c[nH]c2ccccc12)NC(=O)[C@H](CC1CCCCC1)NC(=O)[C@H](CO)NC(=O)[C@H](CCC(=O)O)NC(=O)[C@H](Cc1ccc2ccccc2c1)NC(=O)[C@H](CCCNC(=N)N)NC(=O)[C@H](CO)NC(=O)[C@@H](N)CO)C(=O)NCC(=O)N[C@@H](CCC(=O)O)C(=O)N[C@@H](CCCCN)C(=O)N[C@@H](CCC(=O)O)C(=O)N[C@@H](CO)C(=O)N[C@@H](CCCNC(=N)N)C(=O)NCC(=O)O. The molecule has 0 aliphatic heterocycles. The van der Waals surface area contributed by atoms with Crippen LogP contribution in [0.15, 0.2) is 72.9 Å². The molecule has 5 rings (SSSR count). The Morgan fingerprint density at radius 2 is 0.779 bits per heavy atom. The molecule has 4 aromatic rings. The Labute approximate surface area is 779 Å². The van der Waals surface area contributed by atoms with Crippen LogP contribution >= 0.6 is 0 Å². The van der Waals surface area contributed by atoms with Crippen LogP contribution in [0, 0.1) is 16.7 Å². The molecule has 1 fully saturated rings. The van der Waals surface area contributed by atoms with Crippen molar-refractivity contribution in [1.29, 1.82) is 10.8 Å². The molecule has 1 aliphatic rings. The Morgan fingerprint density at radius 3 is 1.25 bits per heavy atom. The first-order valence-electron chi connectivity index (χ1n) is 44.1. The number of hydrogen-bond acceptors (Lipinski definition) is 27. The summed E-state index contributed by atoms with van der Waals surface area (Å²) in [6, 6.07) is -4.97. The summed E-state index contributed by atoms with van der Waals surface area (Å²) in [6.45, 7) is -4.84. The highest BCUT2D eigenvalue weighted by molar-refractivity contribution is 6.01. The monoisotopic (exact) mass is 1910 g/mol. The quantitative estimate of drug-likeness (QED) is 0.0111. The smallest absolute Gasteiger partial charge is 0.322 e. The molecule has 0 radical (unpaired) electrons. The van der Waals surface area contributed by atoms with Crippen LogP contribution in [0.3, 0.4) is 0 Å². The van der Waals surface area contributed by atoms with Crippen molar-refractivity contribution in [3.63, 3.8) is 0 Å². The number of hydrogen-bond donors (Lipinski definition) is 32. The van der Waals surface area contributed by atoms with E-state index in [9.17, 15) is 122 Å². The average Bonchev–Trinajstić information content (AvgIpc) is 1.69. The molecule has 0 saturated heterocycles. The molecule has 51 nitrogen and oxygen atoms in total. The van der Waals surface area contributed by atoms with Crippen molar-refractivity contribution in [2.24, 2.45) is 28.9 Å². The number of guanidine groups is 2. The first-order valence-corrected chi connectivity index (χ1v) is 44.1. The first kappa shape index (κ1) is 112. The van der Waals surface area contributed by atoms with Crippen LogP contribution in [0.4, 0.5) is 0 Å². The normalized spacial score (nSPS) is 14.9. The van der Waals surface area contributed by atoms with Gasteiger partial charge >= 0.3 is 23.9 Å². The number of aliphatic carboxylic acids is 4. The van der Waals surface area contributed by atoms with Crippen molar-refractivity contribution in [1.82, 2.24) is 95.4 Å². The van der Waals surface area contributed by atoms with Crippen LogP contribution in [0.2, 0.25) is 0 Å². The topological polar surface area (TPSA) is 858 Å². The molecule has 0 spiro atoms. The number of nitrogens with two attached hydrogens (primary N) is 4. The van der Waals surface area contributed by atoms with Gasteiger partial charge in [0.05, 0.1) is 33.0 Å². The standard InChI is InChI=1S/C85H126N24O27/c1-44(70(123)95-38-65(114)98-56(24-27-66(115)116)75(128)100-54(19-9-10-30-86)73(126)102-57(25-28-67(117)118)76(129)108-63(42-112)82(135)99-53(20-11-31-92-84(88)89)72(125)96-39-69(121)122)97-78(131)61(36-49-37-94-52-18-8-7-17-50(49)52)106-80(133)59(34-45-13-3-2-4-14-45)105-83(136)64(43-113)109-77(130)58(26-29-68(119)120)103-79(132)60(35-46-22-23-47-15-5-6-16-48(47)33-46)104-74(127)55(21-12-32-93-85(90)91)101-81(134)62(41-111)107-71(124)51(87)40-110/h5-8,15-18,22-23,33,37,44-45,51,53-64,94,110-113H,2-4,9-14,19-21,24-32,34-36,38-43,86-87H2,1H3,(H,95,123)(H,96,125)(H,97,131)(H,98,114)(H,99,135)(H,100,128)(H,101,134)(H,102,126)(H,103,132)(H,104,127)(H,105,136)(H,106,133)(H,107,124)(H,108,129)(H,109,130)(H,115,116)(H,117,118)(H,119,120)(H,121,122)(H4,88,89,92)(H4,90,91,93)/t44-,51-,53-,54-,55-,56-,57-,58-,59-,60-,61-,62-,63-,64-/m0/s1. The maximum atomic E-state index is 15.1. The van der Waals surface area contributed by atoms with Crippen LogP contribution in [-0.4, -0.2) is 314 Å². The zero-order valence-electron chi connectivity index (χ0n) is 74.9. The lowest BCUT2D eigenvalue weighted by molar-refractivity contribution is -0.139. The minimum Gasteiger partial charge on any atom is -0.481 e. The Kier molecular flexibility index (Phi) is 48.4. The second-order valence-corrected chi connectivity index (χ2v) is 32.4. The summed E-state index contributed by atoms with van der Waals surface area (Å²) in [4.78, 5) is 262. The summed E-state index contributed by atoms with van der Waals surface area (Å²) in [5.74, 6) is -23.9. The Morgan fingerprint density at radius 1 is 0.390 bits per heavy atom. The Bertz CT molecular complexity index is 4820. The van der Waals surface area contributed by atoms with Gasteiger partial charge in [-0.05, 0) is 118 Å². The molecule has 1 saturated carbocycles. The molecule has 3 aromatic carbocycles. The van der Waals surface area contributed by atoms with Crippen LogP contribution in [0.5, 0.6) is 0 Å². The number of aliphatic hydroxyl groups excluding tert-OH is 4. The zero-order valence-corrected chi connectivity index (χ0v) is 74.9. The highest BCUT2D eigenvalue weighted by Gasteiger charge is 2.39. The Balaban J connectivity index is 1.37. The van der Waals surface area contributed by atoms with Crippen LogP contribution in [0.25, 0.3) is 21.7 Å². The molecule has 1 aliphatic carbocycles. The average molecular weight is 1920 g/mol. The van der Waals surface area contributed by atoms with Gasteiger partial charge in [-0.2, -0.15) is 0 Å². The summed E-state index contributed by atoms with van der Waals surface area (Å²) in [5, 5.41) is 137. The third-order valence-electron chi connectivity index (χ3n) is 21.8. The molecule has 136 heavy (non-hydrogen) atoms. The maximum absolute atomic E-state index is 15.1. The lowest BCUT2D eigenvalue weighted by Crippen LogP contribution is -2.61. The van der Waals surface area contributed by atoms with Gasteiger partial charge in [0.1, 0.15) is 91.1 Å². The summed E-state index contributed by atoms with van der Waals surface area (Å²) in [7, 11) is 0. The number of fused-ring (bicyclic) bond motifs is 2. The molecule has 0 bridgehead atoms. The molecule has 748 valence electrons. The molecule has 1 heterocycles. The van der Waals surface area contributed by atoms with Crippen molar-refractivity contribution in [2.45, 2.75) is 226 Å². The molecular formula is C85H126N24O27. The van der Waals surface area contributed by atoms with E-state index in [-0.39, 0.29) is 89.8 Å². The highest BCUT2D eigenvalue weighted by Crippen LogP contribution is 2.28. The summed E-state index contributed by atoms with van der Waals surface area (Å²) in [5.41, 5.74) is 23.6. The largest absolute Gasteiger partial charge is 0.481 e. The number of benzene rings is 3. The van der Waals surface area contributed by atoms with Gasteiger partial charge in [-0.25, -0.2) is 0 Å². The van der Waals surface area contributed by atoms with Gasteiger partial charge in [-0.1, -0.05) is 92.8 Å². The molecule has 36 N–H and O–H groups in total. The number of carboxylic acid groups (broad SMARTS) is 4. The summed E-state index contributed by atoms with van der Waals surface area (Å²) >= 11 is 0. The number of para-hydroxylation sites is 1. The van der Waals surface area contributed by atoms with Crippen molar-refractivity contribution in [2.75, 3.05) is 59.2 Å². The fourth-order valence-corrected chi connectivity index (χ4v) is 14.4. The number of rotatable bonds is 62. The van der Waals surface area contributed by atoms with E-state index in [1.807, 2.05) is 0 Å². The summed E-state index contributed by atoms with van der Waals surface area (Å²) < 4.78 is 0. The van der Waals surface area contributed by atoms with Gasteiger partial charge in [-0.15, -0.1) is 0 Å². The van der Waals surface area contributed by atoms with E-state index in [0.29, 0.717) is 53.1 Å². The fourth-order valence-electron chi connectivity index (χ4n) is 14.4. The molecular weight excluding hydrogens is 1790 g/mol. The molecule has 0 unspecified atom stereocenters. The molecule has 1 aromatic heterocycles. The van der Waals surface area contributed by atoms with Crippen molar-refractivity contribution in [3.8, 4) is 0 Å². The number of aromatic amines is 1. The molecule has 15 amide bonds. The van der Waals surface area contributed by atoms with Gasteiger partial charge in [0.25, 0.3) is 0 Å². The second-order valence-electron chi connectivity index (χ2n) is 32.4. The number of carbonyl (C=O) groups excluding carboxylic acids is 15. The lowest BCUT2D eigenvalue weighted by Gasteiger charge is -2.30. The second kappa shape index (κ2) is 58.7. The van der Waals surface area contributed by atoms with E-state index in [2.05, 4.69) is 95.4 Å². The van der Waals surface area contributed by atoms with Crippen LogP contribution in [-0.2, 0) is 104 Å². The fraction of sp³-hybridized carbons (Fsp3) is 0.541. The maximum Gasteiger partial charge on any atom is 0.322 e. The third-order valence-corrected chi connectivity index (χ3v) is 21.8. The molecule has 51 heteroatoms. The van der Waals surface area contributed by atoms with Gasteiger partial charge in [0.15, 0.2) is 11.9 Å². The number of unbranched alkanes of at least 4 members (excludes halogenated alkanes) is 1. The summed E-state index contributed by atoms with van der Waals surface area (Å²) in [6.07, 6.45) is -0.586. The number of H-pyrrole nitrogens is 1. The van der Waals surface area contributed by atoms with E-state index < -0.39 is 287 Å². The lowest BCUT2D eigenvalue weighted by atomic mass is 9.84. The van der Waals surface area contributed by atoms with Crippen molar-refractivity contribution >= 4 is 146 Å². The van der Waals surface area contributed by atoms with E-state index >= 15 is 4.79 Å². The van der Waals surface area contributed by atoms with Gasteiger partial charge < -0.3 is 159 Å². The number of aliphatic hydroxyl groups is 4. The zero-order chi connectivity index (χ0) is 101. The first-order chi connectivity index (χ1) is 64.7. The minimum absolute atomic E-state index is 0.0119. The number of nitrogens with one attached hydrogen (secondary N) is 20. The van der Waals surface area contributed by atoms with Crippen molar-refractivity contribution in [3.05, 3.63) is 84.1 Å². The van der Waals surface area contributed by atoms with E-state index in [1.54, 1.807) is 72.9 Å². The number of amides is 15. The molecule has 14 atom stereocenters. The van der Waals surface area contributed by atoms with Gasteiger partial charge in [0.2, 0.25) is 88.6 Å².